The van der Waals surface area contributed by atoms with Crippen molar-refractivity contribution < 1.29 is 0 Å². The lowest BCUT2D eigenvalue weighted by Gasteiger charge is -2.36. The molecule has 1 unspecified atom stereocenters. The molecule has 1 N–H and O–H groups in total. The summed E-state index contributed by atoms with van der Waals surface area (Å²) in [6.07, 6.45) is 1.78. The number of rotatable bonds is 7. The number of hydrogen-bond acceptors (Lipinski definition) is 4. The van der Waals surface area contributed by atoms with Gasteiger partial charge in [0.05, 0.1) is 6.54 Å². The van der Waals surface area contributed by atoms with Crippen LogP contribution in [0.4, 0.5) is 0 Å². The molecule has 0 aliphatic carbocycles. The molecule has 4 rings (SSSR count). The van der Waals surface area contributed by atoms with Gasteiger partial charge in [0.15, 0.2) is 0 Å². The first-order valence-electron chi connectivity index (χ1n) is 11.6. The van der Waals surface area contributed by atoms with Gasteiger partial charge in [0.1, 0.15) is 5.82 Å². The van der Waals surface area contributed by atoms with E-state index in [2.05, 4.69) is 53.5 Å². The van der Waals surface area contributed by atoms with Crippen molar-refractivity contribution in [1.82, 2.24) is 19.8 Å². The normalized spacial score (nSPS) is 16.9. The highest BCUT2D eigenvalue weighted by Gasteiger charge is 2.23. The van der Waals surface area contributed by atoms with Crippen molar-refractivity contribution in [3.8, 4) is 0 Å². The topological polar surface area (TPSA) is 50.2 Å². The lowest BCUT2D eigenvalue weighted by atomic mass is 10.0. The third-order valence-electron chi connectivity index (χ3n) is 6.56. The van der Waals surface area contributed by atoms with Gasteiger partial charge in [-0.15, -0.1) is 0 Å². The highest BCUT2D eigenvalue weighted by molar-refractivity contribution is 5.25. The Morgan fingerprint density at radius 2 is 1.78 bits per heavy atom. The Labute approximate surface area is 191 Å². The molecule has 32 heavy (non-hydrogen) atoms. The molecular weight excluding hydrogens is 396 g/mol. The molecule has 0 saturated carbocycles. The van der Waals surface area contributed by atoms with Crippen LogP contribution in [-0.2, 0) is 13.0 Å². The second-order valence-electron chi connectivity index (χ2n) is 8.89. The van der Waals surface area contributed by atoms with E-state index in [-0.39, 0.29) is 5.56 Å². The summed E-state index contributed by atoms with van der Waals surface area (Å²) in [4.78, 5) is 20.5. The Morgan fingerprint density at radius 3 is 2.53 bits per heavy atom. The number of piperazine rings is 1. The SMILES string of the molecule is Cc1ccc(C2CNCCN2CCCc2nc(C)c(C)c(=O)n2Cc2ccccc2)cc1. The molecule has 1 saturated heterocycles. The summed E-state index contributed by atoms with van der Waals surface area (Å²) in [7, 11) is 0. The highest BCUT2D eigenvalue weighted by atomic mass is 16.1. The Hall–Kier alpha value is -2.76. The molecule has 5 nitrogen and oxygen atoms in total. The molecule has 1 atom stereocenters. The minimum atomic E-state index is 0.0797. The number of nitrogens with one attached hydrogen (secondary N) is 1. The fourth-order valence-electron chi connectivity index (χ4n) is 4.50. The summed E-state index contributed by atoms with van der Waals surface area (Å²) >= 11 is 0. The first-order chi connectivity index (χ1) is 15.5. The predicted octanol–water partition coefficient (Wildman–Crippen LogP) is 3.80. The number of aryl methyl sites for hydroxylation is 3. The van der Waals surface area contributed by atoms with E-state index in [0.717, 1.165) is 61.7 Å². The number of nitrogens with zero attached hydrogens (tertiary/aromatic N) is 3. The average Bonchev–Trinajstić information content (AvgIpc) is 2.82. The standard InChI is InChI=1S/C27H34N4O/c1-20-11-13-24(14-12-20)25-18-28-15-17-30(25)16-7-10-26-29-22(3)21(2)27(32)31(26)19-23-8-5-4-6-9-23/h4-6,8-9,11-14,25,28H,7,10,15-19H2,1-3H3. The van der Waals surface area contributed by atoms with Crippen LogP contribution in [0.15, 0.2) is 59.4 Å². The molecular formula is C27H34N4O. The zero-order valence-corrected chi connectivity index (χ0v) is 19.5. The number of benzene rings is 2. The van der Waals surface area contributed by atoms with Crippen LogP contribution >= 0.6 is 0 Å². The Balaban J connectivity index is 1.49. The Kier molecular flexibility index (Phi) is 7.18. The van der Waals surface area contributed by atoms with E-state index < -0.39 is 0 Å². The molecule has 2 heterocycles. The van der Waals surface area contributed by atoms with Crippen molar-refractivity contribution in [3.05, 3.63) is 98.7 Å². The molecule has 0 radical (unpaired) electrons. The lowest BCUT2D eigenvalue weighted by molar-refractivity contribution is 0.160. The largest absolute Gasteiger partial charge is 0.314 e. The van der Waals surface area contributed by atoms with Crippen molar-refractivity contribution in [2.45, 2.75) is 46.2 Å². The Morgan fingerprint density at radius 1 is 1.03 bits per heavy atom. The van der Waals surface area contributed by atoms with E-state index in [1.165, 1.54) is 11.1 Å². The van der Waals surface area contributed by atoms with E-state index in [4.69, 9.17) is 4.98 Å². The van der Waals surface area contributed by atoms with Crippen molar-refractivity contribution in [3.63, 3.8) is 0 Å². The maximum Gasteiger partial charge on any atom is 0.256 e. The van der Waals surface area contributed by atoms with Crippen molar-refractivity contribution >= 4 is 0 Å². The molecule has 1 aromatic heterocycles. The van der Waals surface area contributed by atoms with Crippen LogP contribution in [0.5, 0.6) is 0 Å². The van der Waals surface area contributed by atoms with Gasteiger partial charge in [-0.1, -0.05) is 60.2 Å². The summed E-state index contributed by atoms with van der Waals surface area (Å²) < 4.78 is 1.87. The lowest BCUT2D eigenvalue weighted by Crippen LogP contribution is -2.46. The van der Waals surface area contributed by atoms with Gasteiger partial charge in [-0.25, -0.2) is 4.98 Å². The molecule has 1 fully saturated rings. The van der Waals surface area contributed by atoms with Crippen molar-refractivity contribution in [2.75, 3.05) is 26.2 Å². The third-order valence-corrected chi connectivity index (χ3v) is 6.56. The summed E-state index contributed by atoms with van der Waals surface area (Å²) in [6, 6.07) is 19.5. The predicted molar refractivity (Wildman–Crippen MR) is 130 cm³/mol. The van der Waals surface area contributed by atoms with Crippen molar-refractivity contribution in [1.29, 1.82) is 0 Å². The minimum Gasteiger partial charge on any atom is -0.314 e. The second kappa shape index (κ2) is 10.2. The maximum absolute atomic E-state index is 13.0. The molecule has 1 aliphatic heterocycles. The molecule has 0 amide bonds. The van der Waals surface area contributed by atoms with Gasteiger partial charge in [-0.05, 0) is 44.9 Å². The van der Waals surface area contributed by atoms with Crippen LogP contribution in [0.2, 0.25) is 0 Å². The fourth-order valence-corrected chi connectivity index (χ4v) is 4.50. The summed E-state index contributed by atoms with van der Waals surface area (Å²) in [5, 5.41) is 3.54. The first kappa shape index (κ1) is 22.4. The summed E-state index contributed by atoms with van der Waals surface area (Å²) in [5.74, 6) is 0.893. The van der Waals surface area contributed by atoms with E-state index in [9.17, 15) is 4.79 Å². The molecule has 0 spiro atoms. The highest BCUT2D eigenvalue weighted by Crippen LogP contribution is 2.23. The zero-order valence-electron chi connectivity index (χ0n) is 19.5. The first-order valence-corrected chi connectivity index (χ1v) is 11.6. The van der Waals surface area contributed by atoms with Crippen LogP contribution in [0.3, 0.4) is 0 Å². The number of aromatic nitrogens is 2. The smallest absolute Gasteiger partial charge is 0.256 e. The number of hydrogen-bond donors (Lipinski definition) is 1. The van der Waals surface area contributed by atoms with Gasteiger partial charge in [0.2, 0.25) is 0 Å². The van der Waals surface area contributed by atoms with Gasteiger partial charge in [-0.2, -0.15) is 0 Å². The monoisotopic (exact) mass is 430 g/mol. The quantitative estimate of drug-likeness (QED) is 0.620. The molecule has 2 aromatic carbocycles. The van der Waals surface area contributed by atoms with Gasteiger partial charge in [-0.3, -0.25) is 14.3 Å². The van der Waals surface area contributed by atoms with E-state index in [1.54, 1.807) is 0 Å². The Bertz CT molecular complexity index is 1090. The van der Waals surface area contributed by atoms with Crippen LogP contribution in [-0.4, -0.2) is 40.6 Å². The molecule has 0 bridgehead atoms. The molecule has 1 aliphatic rings. The summed E-state index contributed by atoms with van der Waals surface area (Å²) in [6.45, 7) is 10.5. The maximum atomic E-state index is 13.0. The fraction of sp³-hybridized carbons (Fsp3) is 0.407. The van der Waals surface area contributed by atoms with Gasteiger partial charge < -0.3 is 5.32 Å². The zero-order chi connectivity index (χ0) is 22.5. The van der Waals surface area contributed by atoms with Crippen LogP contribution in [0, 0.1) is 20.8 Å². The van der Waals surface area contributed by atoms with Crippen molar-refractivity contribution in [2.24, 2.45) is 0 Å². The second-order valence-corrected chi connectivity index (χ2v) is 8.89. The van der Waals surface area contributed by atoms with E-state index >= 15 is 0 Å². The average molecular weight is 431 g/mol. The van der Waals surface area contributed by atoms with Crippen LogP contribution in [0.25, 0.3) is 0 Å². The van der Waals surface area contributed by atoms with Crippen LogP contribution < -0.4 is 10.9 Å². The van der Waals surface area contributed by atoms with Crippen LogP contribution in [0.1, 0.15) is 46.2 Å². The van der Waals surface area contributed by atoms with Gasteiger partial charge in [0, 0.05) is 43.4 Å². The summed E-state index contributed by atoms with van der Waals surface area (Å²) in [5.41, 5.74) is 5.45. The molecule has 3 aromatic rings. The van der Waals surface area contributed by atoms with Gasteiger partial charge >= 0.3 is 0 Å². The van der Waals surface area contributed by atoms with E-state index in [0.29, 0.717) is 12.6 Å². The molecule has 5 heteroatoms. The van der Waals surface area contributed by atoms with E-state index in [1.807, 2.05) is 36.6 Å². The molecule has 168 valence electrons. The van der Waals surface area contributed by atoms with Gasteiger partial charge in [0.25, 0.3) is 5.56 Å². The minimum absolute atomic E-state index is 0.0797. The third kappa shape index (κ3) is 5.17.